The first kappa shape index (κ1) is 13.2. The van der Waals surface area contributed by atoms with Crippen molar-refractivity contribution in [1.29, 1.82) is 0 Å². The fraction of sp³-hybridized carbons (Fsp3) is 0.583. The Morgan fingerprint density at radius 1 is 1.40 bits per heavy atom. The summed E-state index contributed by atoms with van der Waals surface area (Å²) in [6.07, 6.45) is 2.62. The lowest BCUT2D eigenvalue weighted by molar-refractivity contribution is 0.0222. The predicted molar refractivity (Wildman–Crippen MR) is 70.5 cm³/mol. The average Bonchev–Trinajstić information content (AvgIpc) is 3.02. The second kappa shape index (κ2) is 4.65. The number of hydrogen-bond acceptors (Lipinski definition) is 7. The molecule has 0 aromatic carbocycles. The number of aliphatic hydroxyl groups excluding tert-OH is 2. The molecule has 1 fully saturated rings. The molecule has 8 heteroatoms. The van der Waals surface area contributed by atoms with Crippen LogP contribution < -0.4 is 5.73 Å². The summed E-state index contributed by atoms with van der Waals surface area (Å²) < 4.78 is 7.53. The molecule has 0 aliphatic carbocycles. The highest BCUT2D eigenvalue weighted by Crippen LogP contribution is 2.44. The highest BCUT2D eigenvalue weighted by Gasteiger charge is 2.47. The molecule has 4 N–H and O–H groups in total. The topological polar surface area (TPSA) is 119 Å². The van der Waals surface area contributed by atoms with Crippen molar-refractivity contribution >= 4 is 17.0 Å². The first-order chi connectivity index (χ1) is 9.63. The molecule has 0 unspecified atom stereocenters. The van der Waals surface area contributed by atoms with Gasteiger partial charge in [-0.15, -0.1) is 0 Å². The number of fused-ring (bicyclic) bond motifs is 1. The minimum Gasteiger partial charge on any atom is -0.396 e. The SMILES string of the molecule is C[C@@H]1[C@H](n2cnc3c(N)ncnc32)OCC1(CO)CO. The summed E-state index contributed by atoms with van der Waals surface area (Å²) >= 11 is 0. The van der Waals surface area contributed by atoms with Crippen LogP contribution in [-0.4, -0.2) is 49.6 Å². The van der Waals surface area contributed by atoms with Gasteiger partial charge in [0.2, 0.25) is 0 Å². The van der Waals surface area contributed by atoms with Gasteiger partial charge in [-0.3, -0.25) is 4.57 Å². The predicted octanol–water partition coefficient (Wildman–Crippen LogP) is -0.456. The van der Waals surface area contributed by atoms with E-state index in [1.807, 2.05) is 6.92 Å². The second-order valence-corrected chi connectivity index (χ2v) is 5.25. The first-order valence-electron chi connectivity index (χ1n) is 6.39. The average molecular weight is 279 g/mol. The van der Waals surface area contributed by atoms with E-state index in [0.717, 1.165) is 0 Å². The lowest BCUT2D eigenvalue weighted by Crippen LogP contribution is -2.36. The summed E-state index contributed by atoms with van der Waals surface area (Å²) in [4.78, 5) is 12.3. The van der Waals surface area contributed by atoms with E-state index in [0.29, 0.717) is 17.0 Å². The highest BCUT2D eigenvalue weighted by atomic mass is 16.5. The van der Waals surface area contributed by atoms with Gasteiger partial charge in [0.05, 0.1) is 26.1 Å². The van der Waals surface area contributed by atoms with E-state index in [2.05, 4.69) is 15.0 Å². The van der Waals surface area contributed by atoms with Gasteiger partial charge < -0.3 is 20.7 Å². The molecule has 2 aromatic rings. The zero-order valence-electron chi connectivity index (χ0n) is 11.1. The van der Waals surface area contributed by atoms with Crippen molar-refractivity contribution in [3.05, 3.63) is 12.7 Å². The standard InChI is InChI=1S/C12H17N5O3/c1-7-11(20-4-12(7,2-18)3-19)17-6-16-8-9(13)14-5-15-10(8)17/h5-7,11,18-19H,2-4H2,1H3,(H2,13,14,15)/t7-,11-/m1/s1. The van der Waals surface area contributed by atoms with E-state index in [4.69, 9.17) is 10.5 Å². The van der Waals surface area contributed by atoms with Crippen molar-refractivity contribution in [2.24, 2.45) is 11.3 Å². The van der Waals surface area contributed by atoms with Crippen LogP contribution in [-0.2, 0) is 4.74 Å². The first-order valence-corrected chi connectivity index (χ1v) is 6.39. The Bertz CT molecular complexity index is 625. The minimum atomic E-state index is -0.653. The fourth-order valence-corrected chi connectivity index (χ4v) is 2.64. The number of hydrogen-bond donors (Lipinski definition) is 3. The lowest BCUT2D eigenvalue weighted by atomic mass is 9.79. The highest BCUT2D eigenvalue weighted by molar-refractivity contribution is 5.81. The van der Waals surface area contributed by atoms with E-state index < -0.39 is 5.41 Å². The Labute approximate surface area is 115 Å². The number of ether oxygens (including phenoxy) is 1. The van der Waals surface area contributed by atoms with Crippen LogP contribution in [0.25, 0.3) is 11.2 Å². The molecule has 0 spiro atoms. The van der Waals surface area contributed by atoms with Crippen LogP contribution in [0.2, 0.25) is 0 Å². The van der Waals surface area contributed by atoms with E-state index in [9.17, 15) is 10.2 Å². The van der Waals surface area contributed by atoms with Crippen molar-refractivity contribution in [1.82, 2.24) is 19.5 Å². The normalized spacial score (nSPS) is 25.4. The minimum absolute atomic E-state index is 0.0916. The number of anilines is 1. The molecule has 108 valence electrons. The number of imidazole rings is 1. The van der Waals surface area contributed by atoms with Crippen LogP contribution in [0.4, 0.5) is 5.82 Å². The Morgan fingerprint density at radius 3 is 2.80 bits per heavy atom. The molecule has 0 amide bonds. The molecule has 1 aliphatic rings. The molecular formula is C12H17N5O3. The van der Waals surface area contributed by atoms with Crippen molar-refractivity contribution in [3.63, 3.8) is 0 Å². The molecule has 1 saturated heterocycles. The molecular weight excluding hydrogens is 262 g/mol. The largest absolute Gasteiger partial charge is 0.396 e. The van der Waals surface area contributed by atoms with Gasteiger partial charge in [0.15, 0.2) is 11.5 Å². The van der Waals surface area contributed by atoms with Crippen molar-refractivity contribution in [2.45, 2.75) is 13.2 Å². The number of rotatable bonds is 3. The number of nitrogen functional groups attached to an aromatic ring is 1. The van der Waals surface area contributed by atoms with Gasteiger partial charge >= 0.3 is 0 Å². The van der Waals surface area contributed by atoms with Crippen LogP contribution in [0, 0.1) is 11.3 Å². The summed E-state index contributed by atoms with van der Waals surface area (Å²) in [5.41, 5.74) is 6.21. The molecule has 3 rings (SSSR count). The molecule has 1 aliphatic heterocycles. The van der Waals surface area contributed by atoms with Gasteiger partial charge in [0, 0.05) is 11.3 Å². The molecule has 0 bridgehead atoms. The number of nitrogens with zero attached hydrogens (tertiary/aromatic N) is 4. The fourth-order valence-electron chi connectivity index (χ4n) is 2.64. The van der Waals surface area contributed by atoms with E-state index in [1.165, 1.54) is 6.33 Å². The lowest BCUT2D eigenvalue weighted by Gasteiger charge is -2.29. The van der Waals surface area contributed by atoms with Gasteiger partial charge in [0.25, 0.3) is 0 Å². The number of aromatic nitrogens is 4. The van der Waals surface area contributed by atoms with E-state index >= 15 is 0 Å². The maximum atomic E-state index is 9.55. The Morgan fingerprint density at radius 2 is 2.15 bits per heavy atom. The third kappa shape index (κ3) is 1.69. The molecule has 0 radical (unpaired) electrons. The Kier molecular flexibility index (Phi) is 3.08. The van der Waals surface area contributed by atoms with E-state index in [1.54, 1.807) is 10.9 Å². The maximum absolute atomic E-state index is 9.55. The third-order valence-corrected chi connectivity index (χ3v) is 4.23. The quantitative estimate of drug-likeness (QED) is 0.695. The van der Waals surface area contributed by atoms with Crippen LogP contribution in [0.5, 0.6) is 0 Å². The zero-order valence-corrected chi connectivity index (χ0v) is 11.1. The van der Waals surface area contributed by atoms with Gasteiger partial charge in [-0.2, -0.15) is 0 Å². The molecule has 20 heavy (non-hydrogen) atoms. The molecule has 0 saturated carbocycles. The number of aliphatic hydroxyl groups is 2. The number of nitrogens with two attached hydrogens (primary N) is 1. The van der Waals surface area contributed by atoms with E-state index in [-0.39, 0.29) is 32.0 Å². The van der Waals surface area contributed by atoms with Crippen LogP contribution >= 0.6 is 0 Å². The van der Waals surface area contributed by atoms with Crippen molar-refractivity contribution in [2.75, 3.05) is 25.6 Å². The molecule has 2 aromatic heterocycles. The van der Waals surface area contributed by atoms with Gasteiger partial charge in [0.1, 0.15) is 18.1 Å². The molecule has 2 atom stereocenters. The monoisotopic (exact) mass is 279 g/mol. The summed E-state index contributed by atoms with van der Waals surface area (Å²) in [5, 5.41) is 19.1. The second-order valence-electron chi connectivity index (χ2n) is 5.25. The van der Waals surface area contributed by atoms with Gasteiger partial charge in [-0.05, 0) is 0 Å². The summed E-state index contributed by atoms with van der Waals surface area (Å²) in [6, 6.07) is 0. The van der Waals surface area contributed by atoms with Crippen LogP contribution in [0.1, 0.15) is 13.2 Å². The van der Waals surface area contributed by atoms with Gasteiger partial charge in [-0.25, -0.2) is 15.0 Å². The van der Waals surface area contributed by atoms with Crippen LogP contribution in [0.15, 0.2) is 12.7 Å². The smallest absolute Gasteiger partial charge is 0.167 e. The molecule has 3 heterocycles. The zero-order chi connectivity index (χ0) is 14.3. The van der Waals surface area contributed by atoms with Crippen molar-refractivity contribution < 1.29 is 14.9 Å². The molecule has 8 nitrogen and oxygen atoms in total. The van der Waals surface area contributed by atoms with Crippen LogP contribution in [0.3, 0.4) is 0 Å². The maximum Gasteiger partial charge on any atom is 0.167 e. The van der Waals surface area contributed by atoms with Gasteiger partial charge in [-0.1, -0.05) is 6.92 Å². The third-order valence-electron chi connectivity index (χ3n) is 4.23. The van der Waals surface area contributed by atoms with Crippen molar-refractivity contribution in [3.8, 4) is 0 Å². The Hall–Kier alpha value is -1.77. The summed E-state index contributed by atoms with van der Waals surface area (Å²) in [5.74, 6) is 0.223. The summed E-state index contributed by atoms with van der Waals surface area (Å²) in [6.45, 7) is 1.95. The summed E-state index contributed by atoms with van der Waals surface area (Å²) in [7, 11) is 0. The Balaban J connectivity index is 2.03.